The molecular formula is C10H18O2. The zero-order chi connectivity index (χ0) is 8.97. The molecule has 0 spiro atoms. The van der Waals surface area contributed by atoms with Crippen molar-refractivity contribution in [1.82, 2.24) is 0 Å². The molecule has 0 aromatic rings. The van der Waals surface area contributed by atoms with Gasteiger partial charge in [0, 0.05) is 0 Å². The second-order valence-corrected chi connectivity index (χ2v) is 3.61. The molecule has 0 bridgehead atoms. The van der Waals surface area contributed by atoms with Crippen molar-refractivity contribution in [2.24, 2.45) is 5.92 Å². The lowest BCUT2D eigenvalue weighted by Gasteiger charge is -2.28. The monoisotopic (exact) mass is 170 g/mol. The van der Waals surface area contributed by atoms with Crippen molar-refractivity contribution in [3.63, 3.8) is 0 Å². The van der Waals surface area contributed by atoms with Crippen molar-refractivity contribution in [2.45, 2.75) is 44.3 Å². The summed E-state index contributed by atoms with van der Waals surface area (Å²) in [5.74, 6) is 0.284. The molecular weight excluding hydrogens is 152 g/mol. The summed E-state index contributed by atoms with van der Waals surface area (Å²) < 4.78 is 0. The molecule has 12 heavy (non-hydrogen) atoms. The van der Waals surface area contributed by atoms with Gasteiger partial charge in [-0.2, -0.15) is 0 Å². The smallest absolute Gasteiger partial charge is 0.0980 e. The second kappa shape index (κ2) is 4.63. The highest BCUT2D eigenvalue weighted by molar-refractivity contribution is 4.88. The third kappa shape index (κ3) is 2.32. The molecule has 0 amide bonds. The number of aliphatic hydroxyl groups excluding tert-OH is 2. The van der Waals surface area contributed by atoms with Crippen LogP contribution in [0.5, 0.6) is 0 Å². The van der Waals surface area contributed by atoms with Crippen LogP contribution in [-0.2, 0) is 0 Å². The first-order valence-electron chi connectivity index (χ1n) is 4.74. The topological polar surface area (TPSA) is 40.5 Å². The zero-order valence-corrected chi connectivity index (χ0v) is 7.45. The summed E-state index contributed by atoms with van der Waals surface area (Å²) in [5, 5.41) is 18.9. The van der Waals surface area contributed by atoms with E-state index in [0.717, 1.165) is 12.8 Å². The molecule has 0 aromatic carbocycles. The number of rotatable bonds is 3. The quantitative estimate of drug-likeness (QED) is 0.630. The molecule has 1 fully saturated rings. The van der Waals surface area contributed by atoms with Gasteiger partial charge in [-0.05, 0) is 18.8 Å². The van der Waals surface area contributed by atoms with Crippen LogP contribution >= 0.6 is 0 Å². The first-order valence-corrected chi connectivity index (χ1v) is 4.74. The van der Waals surface area contributed by atoms with Gasteiger partial charge in [0.2, 0.25) is 0 Å². The Kier molecular flexibility index (Phi) is 3.76. The largest absolute Gasteiger partial charge is 0.390 e. The van der Waals surface area contributed by atoms with Gasteiger partial charge in [0.05, 0.1) is 12.2 Å². The van der Waals surface area contributed by atoms with Crippen LogP contribution in [0.4, 0.5) is 0 Å². The van der Waals surface area contributed by atoms with Crippen LogP contribution in [0.25, 0.3) is 0 Å². The molecule has 2 nitrogen and oxygen atoms in total. The van der Waals surface area contributed by atoms with Crippen molar-refractivity contribution in [3.8, 4) is 0 Å². The lowest BCUT2D eigenvalue weighted by Crippen LogP contribution is -2.33. The van der Waals surface area contributed by atoms with E-state index in [1.165, 1.54) is 25.3 Å². The minimum atomic E-state index is -0.743. The molecule has 0 unspecified atom stereocenters. The molecule has 1 aliphatic rings. The Balaban J connectivity index is 2.38. The van der Waals surface area contributed by atoms with E-state index in [0.29, 0.717) is 0 Å². The Morgan fingerprint density at radius 1 is 1.17 bits per heavy atom. The van der Waals surface area contributed by atoms with Crippen LogP contribution in [0.1, 0.15) is 32.1 Å². The molecule has 2 N–H and O–H groups in total. The highest BCUT2D eigenvalue weighted by Gasteiger charge is 2.25. The van der Waals surface area contributed by atoms with Gasteiger partial charge in [-0.25, -0.2) is 0 Å². The Hall–Kier alpha value is -0.340. The number of hydrogen-bond donors (Lipinski definition) is 2. The van der Waals surface area contributed by atoms with E-state index < -0.39 is 12.2 Å². The van der Waals surface area contributed by atoms with E-state index in [1.807, 2.05) is 0 Å². The SMILES string of the molecule is C=C[C@@H](O)[C@H](O)C1CCCCC1. The summed E-state index contributed by atoms with van der Waals surface area (Å²) in [4.78, 5) is 0. The van der Waals surface area contributed by atoms with Gasteiger partial charge in [0.1, 0.15) is 0 Å². The maximum Gasteiger partial charge on any atom is 0.0980 e. The standard InChI is InChI=1S/C10H18O2/c1-2-9(11)10(12)8-6-4-3-5-7-8/h2,8-12H,1,3-7H2/t9-,10-/m1/s1. The van der Waals surface area contributed by atoms with Crippen molar-refractivity contribution < 1.29 is 10.2 Å². The Morgan fingerprint density at radius 3 is 2.25 bits per heavy atom. The van der Waals surface area contributed by atoms with E-state index in [2.05, 4.69) is 6.58 Å². The Morgan fingerprint density at radius 2 is 1.75 bits per heavy atom. The van der Waals surface area contributed by atoms with Gasteiger partial charge in [0.15, 0.2) is 0 Å². The highest BCUT2D eigenvalue weighted by atomic mass is 16.3. The van der Waals surface area contributed by atoms with Gasteiger partial charge in [-0.1, -0.05) is 25.3 Å². The molecule has 1 saturated carbocycles. The average molecular weight is 170 g/mol. The fourth-order valence-corrected chi connectivity index (χ4v) is 1.89. The molecule has 0 aliphatic heterocycles. The second-order valence-electron chi connectivity index (χ2n) is 3.61. The van der Waals surface area contributed by atoms with E-state index in [4.69, 9.17) is 0 Å². The van der Waals surface area contributed by atoms with Crippen molar-refractivity contribution in [2.75, 3.05) is 0 Å². The summed E-state index contributed by atoms with van der Waals surface area (Å²) in [5.41, 5.74) is 0. The molecule has 2 heteroatoms. The minimum Gasteiger partial charge on any atom is -0.390 e. The summed E-state index contributed by atoms with van der Waals surface area (Å²) in [6.45, 7) is 3.47. The first-order chi connectivity index (χ1) is 5.75. The highest BCUT2D eigenvalue weighted by Crippen LogP contribution is 2.27. The lowest BCUT2D eigenvalue weighted by atomic mass is 9.83. The van der Waals surface area contributed by atoms with E-state index in [1.54, 1.807) is 0 Å². The van der Waals surface area contributed by atoms with Gasteiger partial charge in [0.25, 0.3) is 0 Å². The van der Waals surface area contributed by atoms with Crippen LogP contribution < -0.4 is 0 Å². The molecule has 0 heterocycles. The summed E-state index contributed by atoms with van der Waals surface area (Å²) >= 11 is 0. The molecule has 0 radical (unpaired) electrons. The van der Waals surface area contributed by atoms with Gasteiger partial charge in [-0.3, -0.25) is 0 Å². The van der Waals surface area contributed by atoms with E-state index in [9.17, 15) is 10.2 Å². The zero-order valence-electron chi connectivity index (χ0n) is 7.45. The predicted molar refractivity (Wildman–Crippen MR) is 48.8 cm³/mol. The molecule has 0 aromatic heterocycles. The molecule has 2 atom stereocenters. The third-order valence-corrected chi connectivity index (χ3v) is 2.72. The van der Waals surface area contributed by atoms with E-state index >= 15 is 0 Å². The lowest BCUT2D eigenvalue weighted by molar-refractivity contribution is -0.00356. The molecule has 1 rings (SSSR count). The number of aliphatic hydroxyl groups is 2. The Bertz CT molecular complexity index is 139. The van der Waals surface area contributed by atoms with Crippen LogP contribution in [-0.4, -0.2) is 22.4 Å². The Labute approximate surface area is 73.9 Å². The van der Waals surface area contributed by atoms with Gasteiger partial charge in [-0.15, -0.1) is 6.58 Å². The summed E-state index contributed by atoms with van der Waals surface area (Å²) in [7, 11) is 0. The molecule has 0 saturated heterocycles. The van der Waals surface area contributed by atoms with Crippen molar-refractivity contribution in [3.05, 3.63) is 12.7 Å². The fraction of sp³-hybridized carbons (Fsp3) is 0.800. The minimum absolute atomic E-state index is 0.284. The predicted octanol–water partition coefficient (Wildman–Crippen LogP) is 1.47. The summed E-state index contributed by atoms with van der Waals surface area (Å²) in [6.07, 6.45) is 5.82. The van der Waals surface area contributed by atoms with Gasteiger partial charge < -0.3 is 10.2 Å². The van der Waals surface area contributed by atoms with E-state index in [-0.39, 0.29) is 5.92 Å². The molecule has 70 valence electrons. The third-order valence-electron chi connectivity index (χ3n) is 2.72. The van der Waals surface area contributed by atoms with Crippen LogP contribution in [0.2, 0.25) is 0 Å². The molecule has 1 aliphatic carbocycles. The van der Waals surface area contributed by atoms with Crippen LogP contribution in [0, 0.1) is 5.92 Å². The first kappa shape index (κ1) is 9.75. The van der Waals surface area contributed by atoms with Crippen molar-refractivity contribution in [1.29, 1.82) is 0 Å². The van der Waals surface area contributed by atoms with Gasteiger partial charge >= 0.3 is 0 Å². The van der Waals surface area contributed by atoms with Crippen LogP contribution in [0.3, 0.4) is 0 Å². The normalized spacial score (nSPS) is 24.8. The average Bonchev–Trinajstić information content (AvgIpc) is 2.17. The number of hydrogen-bond acceptors (Lipinski definition) is 2. The summed E-state index contributed by atoms with van der Waals surface area (Å²) in [6, 6.07) is 0. The van der Waals surface area contributed by atoms with Crippen LogP contribution in [0.15, 0.2) is 12.7 Å². The fourth-order valence-electron chi connectivity index (χ4n) is 1.89. The van der Waals surface area contributed by atoms with Crippen molar-refractivity contribution >= 4 is 0 Å². The maximum atomic E-state index is 9.62. The maximum absolute atomic E-state index is 9.62.